The fraction of sp³-hybridized carbons (Fsp3) is 0.357. The summed E-state index contributed by atoms with van der Waals surface area (Å²) in [5.74, 6) is 1.09. The number of nitrogen functional groups attached to an aromatic ring is 1. The monoisotopic (exact) mass is 271 g/mol. The van der Waals surface area contributed by atoms with E-state index < -0.39 is 0 Å². The standard InChI is InChI=1S/C14H17N5O/c15-13-5-1-4-12(19-13)10-7-16-14(17-8-10)18-9-11-3-2-6-20-11/h1,4-5,7-8,11H,2-3,6,9H2,(H2,15,19)(H,16,17,18). The summed E-state index contributed by atoms with van der Waals surface area (Å²) in [6.45, 7) is 1.60. The van der Waals surface area contributed by atoms with Gasteiger partial charge in [-0.05, 0) is 25.0 Å². The van der Waals surface area contributed by atoms with E-state index in [2.05, 4.69) is 20.3 Å². The molecule has 6 heteroatoms. The Labute approximate surface area is 117 Å². The lowest BCUT2D eigenvalue weighted by molar-refractivity contribution is 0.120. The van der Waals surface area contributed by atoms with E-state index in [1.807, 2.05) is 12.1 Å². The van der Waals surface area contributed by atoms with Crippen molar-refractivity contribution in [3.8, 4) is 11.3 Å². The average Bonchev–Trinajstić information content (AvgIpc) is 2.99. The molecule has 2 aromatic heterocycles. The van der Waals surface area contributed by atoms with Crippen molar-refractivity contribution >= 4 is 11.8 Å². The van der Waals surface area contributed by atoms with E-state index in [1.165, 1.54) is 0 Å². The van der Waals surface area contributed by atoms with Crippen molar-refractivity contribution in [1.29, 1.82) is 0 Å². The molecule has 2 aromatic rings. The van der Waals surface area contributed by atoms with Crippen LogP contribution in [0, 0.1) is 0 Å². The fourth-order valence-corrected chi connectivity index (χ4v) is 2.17. The topological polar surface area (TPSA) is 86.0 Å². The number of nitrogens with one attached hydrogen (secondary N) is 1. The summed E-state index contributed by atoms with van der Waals surface area (Å²) >= 11 is 0. The lowest BCUT2D eigenvalue weighted by Crippen LogP contribution is -2.19. The Balaban J connectivity index is 1.65. The summed E-state index contributed by atoms with van der Waals surface area (Å²) in [4.78, 5) is 12.8. The third kappa shape index (κ3) is 3.03. The Morgan fingerprint density at radius 3 is 2.85 bits per heavy atom. The summed E-state index contributed by atoms with van der Waals surface area (Å²) in [5, 5.41) is 3.18. The van der Waals surface area contributed by atoms with Crippen LogP contribution in [-0.2, 0) is 4.74 Å². The zero-order chi connectivity index (χ0) is 13.8. The predicted octanol–water partition coefficient (Wildman–Crippen LogP) is 1.71. The molecule has 0 aromatic carbocycles. The molecule has 3 rings (SSSR count). The van der Waals surface area contributed by atoms with E-state index in [1.54, 1.807) is 18.5 Å². The summed E-state index contributed by atoms with van der Waals surface area (Å²) in [6, 6.07) is 5.50. The molecule has 1 aliphatic heterocycles. The molecule has 0 radical (unpaired) electrons. The maximum absolute atomic E-state index is 5.67. The van der Waals surface area contributed by atoms with E-state index in [4.69, 9.17) is 10.5 Å². The van der Waals surface area contributed by atoms with Crippen LogP contribution in [0.4, 0.5) is 11.8 Å². The molecule has 0 bridgehead atoms. The van der Waals surface area contributed by atoms with Gasteiger partial charge in [0.15, 0.2) is 0 Å². The Bertz CT molecular complexity index is 566. The molecule has 1 atom stereocenters. The van der Waals surface area contributed by atoms with E-state index in [9.17, 15) is 0 Å². The molecule has 1 unspecified atom stereocenters. The van der Waals surface area contributed by atoms with Crippen molar-refractivity contribution in [2.45, 2.75) is 18.9 Å². The summed E-state index contributed by atoms with van der Waals surface area (Å²) in [7, 11) is 0. The zero-order valence-electron chi connectivity index (χ0n) is 11.1. The third-order valence-corrected chi connectivity index (χ3v) is 3.23. The quantitative estimate of drug-likeness (QED) is 0.880. The second kappa shape index (κ2) is 5.83. The maximum atomic E-state index is 5.67. The first-order valence-electron chi connectivity index (χ1n) is 6.72. The number of nitrogens with zero attached hydrogens (tertiary/aromatic N) is 3. The van der Waals surface area contributed by atoms with E-state index in [0.717, 1.165) is 37.3 Å². The zero-order valence-corrected chi connectivity index (χ0v) is 11.1. The number of ether oxygens (including phenoxy) is 1. The average molecular weight is 271 g/mol. The maximum Gasteiger partial charge on any atom is 0.222 e. The SMILES string of the molecule is Nc1cccc(-c2cnc(NCC3CCCO3)nc2)n1. The van der Waals surface area contributed by atoms with Crippen molar-refractivity contribution in [2.24, 2.45) is 0 Å². The molecular formula is C14H17N5O. The molecule has 1 saturated heterocycles. The van der Waals surface area contributed by atoms with Crippen LogP contribution in [0.1, 0.15) is 12.8 Å². The number of aromatic nitrogens is 3. The molecule has 1 fully saturated rings. The fourth-order valence-electron chi connectivity index (χ4n) is 2.17. The van der Waals surface area contributed by atoms with Crippen LogP contribution in [0.25, 0.3) is 11.3 Å². The molecule has 3 heterocycles. The van der Waals surface area contributed by atoms with E-state index in [-0.39, 0.29) is 6.10 Å². The van der Waals surface area contributed by atoms with Crippen molar-refractivity contribution in [3.63, 3.8) is 0 Å². The minimum Gasteiger partial charge on any atom is -0.384 e. The molecule has 3 N–H and O–H groups in total. The Morgan fingerprint density at radius 2 is 2.15 bits per heavy atom. The van der Waals surface area contributed by atoms with E-state index >= 15 is 0 Å². The molecule has 0 spiro atoms. The Hall–Kier alpha value is -2.21. The van der Waals surface area contributed by atoms with Crippen LogP contribution in [0.5, 0.6) is 0 Å². The largest absolute Gasteiger partial charge is 0.384 e. The van der Waals surface area contributed by atoms with Crippen LogP contribution in [0.15, 0.2) is 30.6 Å². The molecule has 6 nitrogen and oxygen atoms in total. The second-order valence-electron chi connectivity index (χ2n) is 4.76. The highest BCUT2D eigenvalue weighted by molar-refractivity contribution is 5.59. The van der Waals surface area contributed by atoms with Gasteiger partial charge in [0.2, 0.25) is 5.95 Å². The highest BCUT2D eigenvalue weighted by Crippen LogP contribution is 2.17. The van der Waals surface area contributed by atoms with Gasteiger partial charge in [-0.15, -0.1) is 0 Å². The van der Waals surface area contributed by atoms with Crippen molar-refractivity contribution < 1.29 is 4.74 Å². The highest BCUT2D eigenvalue weighted by atomic mass is 16.5. The summed E-state index contributed by atoms with van der Waals surface area (Å²) < 4.78 is 5.54. The van der Waals surface area contributed by atoms with Gasteiger partial charge in [-0.2, -0.15) is 0 Å². The van der Waals surface area contributed by atoms with E-state index in [0.29, 0.717) is 11.8 Å². The van der Waals surface area contributed by atoms with Gasteiger partial charge in [-0.25, -0.2) is 15.0 Å². The molecule has 0 amide bonds. The number of pyridine rings is 1. The van der Waals surface area contributed by atoms with Crippen LogP contribution >= 0.6 is 0 Å². The molecular weight excluding hydrogens is 254 g/mol. The van der Waals surface area contributed by atoms with Crippen molar-refractivity contribution in [2.75, 3.05) is 24.2 Å². The van der Waals surface area contributed by atoms with Crippen LogP contribution < -0.4 is 11.1 Å². The third-order valence-electron chi connectivity index (χ3n) is 3.23. The number of hydrogen-bond donors (Lipinski definition) is 2. The lowest BCUT2D eigenvalue weighted by atomic mass is 10.2. The number of anilines is 2. The normalized spacial score (nSPS) is 18.1. The minimum atomic E-state index is 0.272. The highest BCUT2D eigenvalue weighted by Gasteiger charge is 2.15. The van der Waals surface area contributed by atoms with Crippen molar-refractivity contribution in [1.82, 2.24) is 15.0 Å². The first-order chi connectivity index (χ1) is 9.81. The second-order valence-corrected chi connectivity index (χ2v) is 4.76. The van der Waals surface area contributed by atoms with Gasteiger partial charge in [0.05, 0.1) is 11.8 Å². The molecule has 0 saturated carbocycles. The summed E-state index contributed by atoms with van der Waals surface area (Å²) in [5.41, 5.74) is 7.29. The number of nitrogens with two attached hydrogens (primary N) is 1. The molecule has 1 aliphatic rings. The van der Waals surface area contributed by atoms with Gasteiger partial charge >= 0.3 is 0 Å². The molecule has 104 valence electrons. The van der Waals surface area contributed by atoms with Crippen LogP contribution in [-0.4, -0.2) is 34.2 Å². The first kappa shape index (κ1) is 12.8. The van der Waals surface area contributed by atoms with Gasteiger partial charge in [-0.1, -0.05) is 6.07 Å². The first-order valence-corrected chi connectivity index (χ1v) is 6.72. The van der Waals surface area contributed by atoms with Crippen molar-refractivity contribution in [3.05, 3.63) is 30.6 Å². The minimum absolute atomic E-state index is 0.272. The van der Waals surface area contributed by atoms with Gasteiger partial charge in [0.1, 0.15) is 5.82 Å². The molecule has 0 aliphatic carbocycles. The van der Waals surface area contributed by atoms with Gasteiger partial charge < -0.3 is 15.8 Å². The van der Waals surface area contributed by atoms with Crippen LogP contribution in [0.3, 0.4) is 0 Å². The van der Waals surface area contributed by atoms with Gasteiger partial charge in [0, 0.05) is 31.1 Å². The lowest BCUT2D eigenvalue weighted by Gasteiger charge is -2.10. The van der Waals surface area contributed by atoms with Gasteiger partial charge in [-0.3, -0.25) is 0 Å². The predicted molar refractivity (Wildman–Crippen MR) is 77.1 cm³/mol. The summed E-state index contributed by atoms with van der Waals surface area (Å²) in [6.07, 6.45) is 5.99. The molecule has 20 heavy (non-hydrogen) atoms. The van der Waals surface area contributed by atoms with Crippen LogP contribution in [0.2, 0.25) is 0 Å². The number of rotatable bonds is 4. The Morgan fingerprint density at radius 1 is 1.30 bits per heavy atom. The Kier molecular flexibility index (Phi) is 3.73. The van der Waals surface area contributed by atoms with Gasteiger partial charge in [0.25, 0.3) is 0 Å². The number of hydrogen-bond acceptors (Lipinski definition) is 6. The smallest absolute Gasteiger partial charge is 0.222 e.